The number of fused-ring (bicyclic) bond motifs is 2. The van der Waals surface area contributed by atoms with E-state index in [1.54, 1.807) is 19.3 Å². The Morgan fingerprint density at radius 3 is 1.64 bits per heavy atom. The molecule has 2 amide bonds. The number of amides is 2. The molecule has 3 heterocycles. The summed E-state index contributed by atoms with van der Waals surface area (Å²) in [6.07, 6.45) is 7.11. The molecule has 1 saturated heterocycles. The Bertz CT molecular complexity index is 3120. The van der Waals surface area contributed by atoms with E-state index in [0.29, 0.717) is 144 Å². The standard InChI is InChI=1S/C59H87N3O26S3/c1-59(16-4-44-89(66,67)68)52-47-50(91(72,73)74)9-11-53(52)61(19-23-78-28-31-82-36-39-86-43-42-84-37-34-80-29-26-76-20-15-58(65)88-62-56(63)12-13-57(62)64)55(59)7-3-6-48-14-21-87-54-46-49(8-10-51(48)54)60(17-5-45-90(69,70)71)18-22-77-27-30-81-35-38-85-41-40-83-33-32-79-25-24-75-2/h3,6-11,14,21,46-47H,4-5,12-13,15-20,22-45H2,1-2H3,(H2-,66,67,68,69,70,71,72,73,74). The fourth-order valence-corrected chi connectivity index (χ4v) is 10.9. The quantitative estimate of drug-likeness (QED) is 0.0355. The fraction of sp³-hybridized carbons (Fsp3) is 0.627. The first-order valence-electron chi connectivity index (χ1n) is 29.9. The van der Waals surface area contributed by atoms with Crippen molar-refractivity contribution >= 4 is 59.9 Å². The molecule has 1 fully saturated rings. The van der Waals surface area contributed by atoms with Crippen LogP contribution in [-0.4, -0.2) is 252 Å². The molecule has 0 saturated carbocycles. The SMILES string of the molecule is COCCOCCOCCOCCOCCOCC[N+](CCCS(=O)(=O)O)=c1ccc2c(/C=C/C=C3/N(CCOCCOCCOCCOCCOCCOCCC(=O)ON4C(=O)CCC4=O)c4ccc(S(=O)(=O)[O-])cc4C3(C)CCCS(=O)(=O)O)ccoc-2c1. The Morgan fingerprint density at radius 2 is 1.12 bits per heavy atom. The average Bonchev–Trinajstić information content (AvgIpc) is 1.59. The van der Waals surface area contributed by atoms with Crippen molar-refractivity contribution in [1.82, 2.24) is 9.64 Å². The van der Waals surface area contributed by atoms with Gasteiger partial charge in [-0.25, -0.2) is 17.8 Å². The third-order valence-electron chi connectivity index (χ3n) is 13.9. The van der Waals surface area contributed by atoms with E-state index in [2.05, 4.69) is 0 Å². The lowest BCUT2D eigenvalue weighted by atomic mass is 9.77. The second-order valence-corrected chi connectivity index (χ2v) is 25.1. The summed E-state index contributed by atoms with van der Waals surface area (Å²) in [5, 5.41) is 1.19. The summed E-state index contributed by atoms with van der Waals surface area (Å²) in [7, 11) is -11.9. The molecule has 4 aliphatic rings. The van der Waals surface area contributed by atoms with Crippen molar-refractivity contribution in [3.05, 3.63) is 83.1 Å². The topological polar surface area (TPSA) is 360 Å². The summed E-state index contributed by atoms with van der Waals surface area (Å²) in [5.74, 6) is -2.35. The van der Waals surface area contributed by atoms with E-state index in [0.717, 1.165) is 5.56 Å². The first kappa shape index (κ1) is 76.5. The van der Waals surface area contributed by atoms with Crippen LogP contribution in [0.1, 0.15) is 56.6 Å². The van der Waals surface area contributed by atoms with E-state index in [-0.39, 0.29) is 104 Å². The van der Waals surface area contributed by atoms with E-state index in [1.807, 2.05) is 46.8 Å². The van der Waals surface area contributed by atoms with Gasteiger partial charge >= 0.3 is 5.97 Å². The van der Waals surface area contributed by atoms with E-state index < -0.39 is 70.0 Å². The maximum atomic E-state index is 12.4. The highest BCUT2D eigenvalue weighted by Gasteiger charge is 2.43. The lowest BCUT2D eigenvalue weighted by Crippen LogP contribution is -2.35. The molecule has 5 rings (SSSR count). The minimum atomic E-state index is -4.90. The van der Waals surface area contributed by atoms with Crippen molar-refractivity contribution in [1.29, 1.82) is 0 Å². The van der Waals surface area contributed by atoms with Crippen molar-refractivity contribution in [2.24, 2.45) is 0 Å². The Labute approximate surface area is 531 Å². The van der Waals surface area contributed by atoms with Gasteiger partial charge in [0.05, 0.1) is 181 Å². The molecular weight excluding hydrogens is 1260 g/mol. The molecule has 1 aliphatic carbocycles. The molecule has 29 nitrogen and oxygen atoms in total. The first-order chi connectivity index (χ1) is 43.7. The van der Waals surface area contributed by atoms with Crippen LogP contribution in [0.2, 0.25) is 0 Å². The largest absolute Gasteiger partial charge is 0.744 e. The van der Waals surface area contributed by atoms with Crippen LogP contribution >= 0.6 is 0 Å². The van der Waals surface area contributed by atoms with Crippen LogP contribution in [0.4, 0.5) is 5.69 Å². The zero-order valence-corrected chi connectivity index (χ0v) is 54.1. The zero-order valence-electron chi connectivity index (χ0n) is 51.7. The van der Waals surface area contributed by atoms with E-state index in [1.165, 1.54) is 24.5 Å². The predicted molar refractivity (Wildman–Crippen MR) is 326 cm³/mol. The smallest absolute Gasteiger partial charge is 0.335 e. The number of ether oxygens (including phenoxy) is 12. The number of carbonyl (C=O) groups is 3. The highest BCUT2D eigenvalue weighted by Crippen LogP contribution is 2.51. The van der Waals surface area contributed by atoms with E-state index in [4.69, 9.17) is 66.1 Å². The van der Waals surface area contributed by atoms with Crippen LogP contribution in [0.15, 0.2) is 75.9 Å². The van der Waals surface area contributed by atoms with Crippen molar-refractivity contribution in [2.75, 3.05) is 195 Å². The molecule has 0 aromatic heterocycles. The Kier molecular flexibility index (Phi) is 34.9. The van der Waals surface area contributed by atoms with Gasteiger partial charge in [0.2, 0.25) is 5.36 Å². The van der Waals surface area contributed by atoms with Gasteiger partial charge in [-0.1, -0.05) is 12.2 Å². The second-order valence-electron chi connectivity index (χ2n) is 20.6. The van der Waals surface area contributed by atoms with Gasteiger partial charge in [-0.15, -0.1) is 5.06 Å². The average molecular weight is 1350 g/mol. The predicted octanol–water partition coefficient (Wildman–Crippen LogP) is 2.51. The third kappa shape index (κ3) is 29.3. The van der Waals surface area contributed by atoms with Crippen molar-refractivity contribution < 1.29 is 119 Å². The maximum Gasteiger partial charge on any atom is 0.335 e. The van der Waals surface area contributed by atoms with Gasteiger partial charge in [-0.2, -0.15) is 16.8 Å². The lowest BCUT2D eigenvalue weighted by Gasteiger charge is -2.30. The molecule has 1 atom stereocenters. The van der Waals surface area contributed by atoms with Crippen molar-refractivity contribution in [2.45, 2.75) is 55.8 Å². The molecule has 3 aliphatic heterocycles. The van der Waals surface area contributed by atoms with Crippen LogP contribution in [0.3, 0.4) is 0 Å². The summed E-state index contributed by atoms with van der Waals surface area (Å²) >= 11 is 0. The van der Waals surface area contributed by atoms with Gasteiger partial charge in [0.15, 0.2) is 6.54 Å². The third-order valence-corrected chi connectivity index (χ3v) is 16.4. The molecule has 91 heavy (non-hydrogen) atoms. The number of anilines is 1. The van der Waals surface area contributed by atoms with Crippen LogP contribution in [0, 0.1) is 0 Å². The number of carbonyl (C=O) groups excluding carboxylic acids is 3. The van der Waals surface area contributed by atoms with Crippen LogP contribution in [-0.2, 0) is 112 Å². The molecule has 512 valence electrons. The zero-order chi connectivity index (χ0) is 65.8. The van der Waals surface area contributed by atoms with Gasteiger partial charge in [0, 0.05) is 61.3 Å². The highest BCUT2D eigenvalue weighted by atomic mass is 32.2. The Balaban J connectivity index is 1.12. The number of methoxy groups -OCH3 is 1. The minimum Gasteiger partial charge on any atom is -0.744 e. The highest BCUT2D eigenvalue weighted by molar-refractivity contribution is 7.86. The number of hydroxylamine groups is 2. The number of hydrogen-bond acceptors (Lipinski definition) is 25. The normalized spacial score (nSPS) is 16.3. The fourth-order valence-electron chi connectivity index (χ4n) is 9.43. The summed E-state index contributed by atoms with van der Waals surface area (Å²) in [6.45, 7) is 10.1. The molecule has 32 heteroatoms. The van der Waals surface area contributed by atoms with Gasteiger partial charge in [-0.3, -0.25) is 18.7 Å². The monoisotopic (exact) mass is 1350 g/mol. The van der Waals surface area contributed by atoms with Crippen LogP contribution in [0.5, 0.6) is 0 Å². The van der Waals surface area contributed by atoms with Gasteiger partial charge in [0.1, 0.15) is 29.0 Å². The molecule has 0 bridgehead atoms. The van der Waals surface area contributed by atoms with E-state index >= 15 is 0 Å². The molecule has 2 N–H and O–H groups in total. The maximum absolute atomic E-state index is 12.4. The van der Waals surface area contributed by atoms with Crippen molar-refractivity contribution in [3.63, 3.8) is 0 Å². The number of benzene rings is 2. The Hall–Kier alpha value is -5.21. The number of nitrogens with zero attached hydrogens (tertiary/aromatic N) is 3. The first-order valence-corrected chi connectivity index (χ1v) is 34.5. The second kappa shape index (κ2) is 41.5. The number of rotatable bonds is 51. The van der Waals surface area contributed by atoms with Gasteiger partial charge < -0.3 is 75.5 Å². The van der Waals surface area contributed by atoms with E-state index in [9.17, 15) is 53.3 Å². The van der Waals surface area contributed by atoms with Crippen LogP contribution < -0.4 is 14.8 Å². The summed E-state index contributed by atoms with van der Waals surface area (Å²) in [6, 6.07) is 11.4. The van der Waals surface area contributed by atoms with Crippen molar-refractivity contribution in [3.8, 4) is 11.3 Å². The molecule has 1 unspecified atom stereocenters. The summed E-state index contributed by atoms with van der Waals surface area (Å²) in [4.78, 5) is 41.1. The van der Waals surface area contributed by atoms with Crippen LogP contribution in [0.25, 0.3) is 17.4 Å². The number of hydrogen-bond donors (Lipinski definition) is 2. The Morgan fingerprint density at radius 1 is 0.626 bits per heavy atom. The minimum absolute atomic E-state index is 0.0141. The molecular formula is C59H87N3O26S3. The molecule has 0 radical (unpaired) electrons. The van der Waals surface area contributed by atoms with Gasteiger partial charge in [0.25, 0.3) is 32.1 Å². The molecule has 1 aromatic carbocycles. The summed E-state index contributed by atoms with van der Waals surface area (Å²) in [5.41, 5.74) is 2.04. The lowest BCUT2D eigenvalue weighted by molar-refractivity contribution is -0.198. The molecule has 0 spiro atoms. The number of imide groups is 1. The summed E-state index contributed by atoms with van der Waals surface area (Å²) < 4.78 is 178. The molecule has 1 aromatic rings. The van der Waals surface area contributed by atoms with Gasteiger partial charge in [-0.05, 0) is 67.3 Å². The number of allylic oxidation sites excluding steroid dienone is 3.